The summed E-state index contributed by atoms with van der Waals surface area (Å²) in [7, 11) is 1.26. The first kappa shape index (κ1) is 30.1. The Morgan fingerprint density at radius 2 is 1.93 bits per heavy atom. The van der Waals surface area contributed by atoms with E-state index >= 15 is 0 Å². The number of rotatable bonds is 10. The molecule has 2 aliphatic rings. The van der Waals surface area contributed by atoms with Gasteiger partial charge >= 0.3 is 11.9 Å². The number of benzene rings is 2. The molecule has 10 nitrogen and oxygen atoms in total. The summed E-state index contributed by atoms with van der Waals surface area (Å²) in [4.78, 5) is 45.7. The number of aliphatic hydroxyl groups is 1. The Bertz CT molecular complexity index is 1610. The number of aryl methyl sites for hydroxylation is 1. The summed E-state index contributed by atoms with van der Waals surface area (Å²) >= 11 is 0.941. The van der Waals surface area contributed by atoms with Crippen LogP contribution in [0.5, 0.6) is 17.2 Å². The number of ketones is 1. The number of esters is 1. The number of fused-ring (bicyclic) bond motifs is 1. The molecule has 11 heteroatoms. The molecule has 5 rings (SSSR count). The average Bonchev–Trinajstić information content (AvgIpc) is 3.64. The lowest BCUT2D eigenvalue weighted by Crippen LogP contribution is -2.29. The summed E-state index contributed by atoms with van der Waals surface area (Å²) in [5.74, 6) is -0.989. The summed E-state index contributed by atoms with van der Waals surface area (Å²) in [5, 5.41) is 11.8. The van der Waals surface area contributed by atoms with Gasteiger partial charge in [-0.1, -0.05) is 30.7 Å². The van der Waals surface area contributed by atoms with Crippen molar-refractivity contribution in [3.8, 4) is 17.2 Å². The molecule has 2 atom stereocenters. The van der Waals surface area contributed by atoms with Crippen molar-refractivity contribution in [2.45, 2.75) is 59.1 Å². The van der Waals surface area contributed by atoms with E-state index in [9.17, 15) is 19.5 Å². The number of ether oxygens (including phenoxy) is 4. The van der Waals surface area contributed by atoms with Gasteiger partial charge in [-0.25, -0.2) is 9.78 Å². The highest BCUT2D eigenvalue weighted by Gasteiger charge is 2.48. The Balaban J connectivity index is 1.68. The highest BCUT2D eigenvalue weighted by Crippen LogP contribution is 2.46. The number of Topliss-reactive ketones (excluding diaryl/α,β-unsaturated/α-hetero) is 1. The first-order chi connectivity index (χ1) is 20.7. The first-order valence-electron chi connectivity index (χ1n) is 14.2. The van der Waals surface area contributed by atoms with E-state index in [1.165, 1.54) is 12.0 Å². The van der Waals surface area contributed by atoms with Crippen LogP contribution in [0.3, 0.4) is 0 Å². The van der Waals surface area contributed by atoms with Gasteiger partial charge in [-0.05, 0) is 68.7 Å². The molecule has 1 amide bonds. The Morgan fingerprint density at radius 3 is 2.65 bits per heavy atom. The van der Waals surface area contributed by atoms with Crippen molar-refractivity contribution < 1.29 is 38.4 Å². The number of carbonyl (C=O) groups excluding carboxylic acids is 3. The van der Waals surface area contributed by atoms with E-state index in [2.05, 4.69) is 11.9 Å². The number of thiazole rings is 1. The van der Waals surface area contributed by atoms with Crippen LogP contribution in [0.25, 0.3) is 5.76 Å². The number of aliphatic hydroxyl groups excluding tert-OH is 1. The van der Waals surface area contributed by atoms with Crippen LogP contribution in [0, 0.1) is 6.92 Å². The summed E-state index contributed by atoms with van der Waals surface area (Å²) in [5.41, 5.74) is 2.03. The Labute approximate surface area is 253 Å². The van der Waals surface area contributed by atoms with Crippen molar-refractivity contribution in [2.75, 3.05) is 25.2 Å². The molecule has 3 aromatic rings. The van der Waals surface area contributed by atoms with Gasteiger partial charge in [0.2, 0.25) is 0 Å². The van der Waals surface area contributed by atoms with Crippen LogP contribution in [0.15, 0.2) is 42.0 Å². The zero-order chi connectivity index (χ0) is 30.8. The molecule has 1 N–H and O–H groups in total. The molecule has 0 saturated carbocycles. The van der Waals surface area contributed by atoms with Crippen LogP contribution in [-0.4, -0.2) is 54.2 Å². The van der Waals surface area contributed by atoms with Gasteiger partial charge in [0.15, 0.2) is 16.6 Å². The number of anilines is 1. The van der Waals surface area contributed by atoms with Gasteiger partial charge in [-0.2, -0.15) is 0 Å². The maximum absolute atomic E-state index is 13.7. The molecule has 1 saturated heterocycles. The zero-order valence-corrected chi connectivity index (χ0v) is 25.6. The van der Waals surface area contributed by atoms with Crippen molar-refractivity contribution in [1.82, 2.24) is 4.98 Å². The Kier molecular flexibility index (Phi) is 8.72. The molecule has 0 spiro atoms. The topological polar surface area (TPSA) is 124 Å². The van der Waals surface area contributed by atoms with Gasteiger partial charge in [-0.3, -0.25) is 14.5 Å². The van der Waals surface area contributed by atoms with Crippen LogP contribution in [0.1, 0.15) is 71.7 Å². The molecule has 43 heavy (non-hydrogen) atoms. The zero-order valence-electron chi connectivity index (χ0n) is 24.8. The van der Waals surface area contributed by atoms with Gasteiger partial charge in [-0.15, -0.1) is 0 Å². The summed E-state index contributed by atoms with van der Waals surface area (Å²) in [6.45, 7) is 8.36. The van der Waals surface area contributed by atoms with Gasteiger partial charge in [0.1, 0.15) is 22.5 Å². The van der Waals surface area contributed by atoms with Crippen molar-refractivity contribution in [3.05, 3.63) is 69.2 Å². The van der Waals surface area contributed by atoms with Crippen molar-refractivity contribution in [1.29, 1.82) is 0 Å². The molecule has 1 fully saturated rings. The third-order valence-electron chi connectivity index (χ3n) is 7.31. The SMILES string of the molecule is CCCCOc1ccc([C@@H]2/C(=C(\O)c3ccc4c(c3)C[C@@H](C)O4)C(=O)C(=O)N2c2nc(C)c(C(=O)OC)s2)cc1OCC. The number of amides is 1. The maximum Gasteiger partial charge on any atom is 0.350 e. The fourth-order valence-corrected chi connectivity index (χ4v) is 6.26. The minimum Gasteiger partial charge on any atom is -0.507 e. The lowest BCUT2D eigenvalue weighted by molar-refractivity contribution is -0.132. The van der Waals surface area contributed by atoms with Gasteiger partial charge < -0.3 is 24.1 Å². The minimum absolute atomic E-state index is 0.00910. The van der Waals surface area contributed by atoms with Gasteiger partial charge in [0.05, 0.1) is 37.6 Å². The van der Waals surface area contributed by atoms with Crippen LogP contribution in [-0.2, 0) is 20.7 Å². The molecule has 3 heterocycles. The third-order valence-corrected chi connectivity index (χ3v) is 8.45. The van der Waals surface area contributed by atoms with Crippen molar-refractivity contribution in [2.24, 2.45) is 0 Å². The van der Waals surface area contributed by atoms with Gasteiger partial charge in [0.25, 0.3) is 5.78 Å². The number of nitrogens with zero attached hydrogens (tertiary/aromatic N) is 2. The van der Waals surface area contributed by atoms with E-state index in [1.807, 2.05) is 13.8 Å². The second-order valence-electron chi connectivity index (χ2n) is 10.4. The normalized spacial score (nSPS) is 18.9. The average molecular weight is 607 g/mol. The fraction of sp³-hybridized carbons (Fsp3) is 0.375. The van der Waals surface area contributed by atoms with E-state index in [-0.39, 0.29) is 27.4 Å². The summed E-state index contributed by atoms with van der Waals surface area (Å²) < 4.78 is 22.5. The van der Waals surface area contributed by atoms with E-state index in [1.54, 1.807) is 43.3 Å². The standard InChI is InChI=1S/C32H34N2O8S/c1-6-8-13-41-23-12-9-19(16-24(23)40-7-2)26-25(27(35)20-10-11-22-21(15-20)14-17(3)42-22)28(36)30(37)34(26)32-33-18(4)29(43-32)31(38)39-5/h9-12,15-17,26,35H,6-8,13-14H2,1-5H3/b27-25+/t17-,26-/m1/s1. The van der Waals surface area contributed by atoms with Gasteiger partial charge in [0, 0.05) is 12.0 Å². The highest BCUT2D eigenvalue weighted by molar-refractivity contribution is 7.17. The molecular formula is C32H34N2O8S. The molecule has 2 aliphatic heterocycles. The summed E-state index contributed by atoms with van der Waals surface area (Å²) in [6, 6.07) is 9.30. The smallest absolute Gasteiger partial charge is 0.350 e. The predicted molar refractivity (Wildman–Crippen MR) is 161 cm³/mol. The lowest BCUT2D eigenvalue weighted by atomic mass is 9.94. The Hall–Kier alpha value is -4.38. The van der Waals surface area contributed by atoms with E-state index in [0.717, 1.165) is 35.5 Å². The largest absolute Gasteiger partial charge is 0.507 e. The molecule has 0 radical (unpaired) electrons. The number of hydrogen-bond donors (Lipinski definition) is 1. The maximum atomic E-state index is 13.7. The molecule has 2 aromatic carbocycles. The molecule has 226 valence electrons. The molecule has 0 unspecified atom stereocenters. The van der Waals surface area contributed by atoms with Crippen molar-refractivity contribution >= 4 is 39.9 Å². The van der Waals surface area contributed by atoms with Crippen LogP contribution in [0.4, 0.5) is 5.13 Å². The van der Waals surface area contributed by atoms with Crippen LogP contribution >= 0.6 is 11.3 Å². The number of unbranched alkanes of at least 4 members (excludes halogenated alkanes) is 1. The monoisotopic (exact) mass is 606 g/mol. The molecule has 0 aliphatic carbocycles. The first-order valence-corrected chi connectivity index (χ1v) is 15.1. The molecule has 1 aromatic heterocycles. The van der Waals surface area contributed by atoms with Crippen molar-refractivity contribution in [3.63, 3.8) is 0 Å². The fourth-order valence-electron chi connectivity index (χ4n) is 5.25. The Morgan fingerprint density at radius 1 is 1.14 bits per heavy atom. The second-order valence-corrected chi connectivity index (χ2v) is 11.3. The lowest BCUT2D eigenvalue weighted by Gasteiger charge is -2.24. The predicted octanol–water partition coefficient (Wildman–Crippen LogP) is 5.77. The van der Waals surface area contributed by atoms with E-state index in [0.29, 0.717) is 48.0 Å². The van der Waals surface area contributed by atoms with Crippen LogP contribution < -0.4 is 19.1 Å². The van der Waals surface area contributed by atoms with E-state index in [4.69, 9.17) is 18.9 Å². The third kappa shape index (κ3) is 5.69. The highest BCUT2D eigenvalue weighted by atomic mass is 32.1. The summed E-state index contributed by atoms with van der Waals surface area (Å²) in [6.07, 6.45) is 2.47. The minimum atomic E-state index is -1.07. The van der Waals surface area contributed by atoms with E-state index < -0.39 is 23.7 Å². The van der Waals surface area contributed by atoms with Crippen LogP contribution in [0.2, 0.25) is 0 Å². The number of hydrogen-bond acceptors (Lipinski definition) is 10. The number of methoxy groups -OCH3 is 1. The quantitative estimate of drug-likeness (QED) is 0.101. The molecule has 0 bridgehead atoms. The second kappa shape index (κ2) is 12.5. The number of aromatic nitrogens is 1. The number of carbonyl (C=O) groups is 3. The molecular weight excluding hydrogens is 572 g/mol.